The Labute approximate surface area is 806 Å². The summed E-state index contributed by atoms with van der Waals surface area (Å²) in [5.41, 5.74) is 11.6. The molecule has 10 heterocycles. The molecule has 0 radical (unpaired) electrons. The van der Waals surface area contributed by atoms with Gasteiger partial charge in [-0.15, -0.1) is 0 Å². The number of piperazine rings is 4. The average Bonchev–Trinajstić information content (AvgIpc) is 0.499. The van der Waals surface area contributed by atoms with E-state index >= 15 is 0 Å². The van der Waals surface area contributed by atoms with E-state index in [4.69, 9.17) is 49.3 Å². The molecular weight excluding hydrogens is 1710 g/mol. The van der Waals surface area contributed by atoms with Crippen LogP contribution in [-0.4, -0.2) is 231 Å². The van der Waals surface area contributed by atoms with Crippen molar-refractivity contribution < 1.29 is 9.47 Å². The molecule has 0 bridgehead atoms. The number of hydrogen-bond acceptors (Lipinski definition) is 30. The lowest BCUT2D eigenvalue weighted by atomic mass is 9.84. The first-order valence-corrected chi connectivity index (χ1v) is 47.6. The molecule has 1 aliphatic carbocycles. The highest BCUT2D eigenvalue weighted by Crippen LogP contribution is 2.36. The molecule has 0 amide bonds. The first-order valence-electron chi connectivity index (χ1n) is 47.6. The van der Waals surface area contributed by atoms with Crippen molar-refractivity contribution in [3.63, 3.8) is 0 Å². The summed E-state index contributed by atoms with van der Waals surface area (Å²) in [4.78, 5) is 82.5. The summed E-state index contributed by atoms with van der Waals surface area (Å²) < 4.78 is 12.0. The molecule has 0 spiro atoms. The Morgan fingerprint density at radius 3 is 0.942 bits per heavy atom. The van der Waals surface area contributed by atoms with Crippen LogP contribution < -0.4 is 79.7 Å². The third-order valence-corrected chi connectivity index (χ3v) is 24.6. The molecule has 5 aliphatic rings. The fourth-order valence-corrected chi connectivity index (χ4v) is 16.8. The summed E-state index contributed by atoms with van der Waals surface area (Å²) in [6, 6.07) is 82.8. The van der Waals surface area contributed by atoms with Gasteiger partial charge >= 0.3 is 0 Å². The van der Waals surface area contributed by atoms with Crippen LogP contribution in [0, 0.1) is 6.92 Å². The summed E-state index contributed by atoms with van der Waals surface area (Å²) in [7, 11) is 16.0. The molecule has 708 valence electrons. The number of anilines is 18. The van der Waals surface area contributed by atoms with E-state index in [-0.39, 0.29) is 0 Å². The Bertz CT molecular complexity index is 6010. The van der Waals surface area contributed by atoms with Crippen molar-refractivity contribution in [3.8, 4) is 11.5 Å². The molecule has 137 heavy (non-hydrogen) atoms. The van der Waals surface area contributed by atoms with Crippen LogP contribution in [0.2, 0.25) is 0 Å². The smallest absolute Gasteiger partial charge is 0.229 e. The van der Waals surface area contributed by atoms with E-state index in [1.165, 1.54) is 54.4 Å². The number of nitrogens with one attached hydrogen (secondary N) is 4. The van der Waals surface area contributed by atoms with Crippen LogP contribution >= 0.6 is 0 Å². The highest BCUT2D eigenvalue weighted by molar-refractivity contribution is 5.68. The number of nitrogens with zero attached hydrogens (tertiary/aromatic N) is 24. The summed E-state index contributed by atoms with van der Waals surface area (Å²) in [6.45, 7) is 19.4. The van der Waals surface area contributed by atoms with Crippen LogP contribution in [0.1, 0.15) is 71.4 Å². The summed E-state index contributed by atoms with van der Waals surface area (Å²) >= 11 is 0. The average molecular weight is 1840 g/mol. The molecule has 4 N–H and O–H groups in total. The van der Waals surface area contributed by atoms with Gasteiger partial charge in [0.05, 0.1) is 12.4 Å². The van der Waals surface area contributed by atoms with Crippen LogP contribution in [0.5, 0.6) is 11.5 Å². The second kappa shape index (κ2) is 47.7. The van der Waals surface area contributed by atoms with Gasteiger partial charge < -0.3 is 79.7 Å². The lowest BCUT2D eigenvalue weighted by Crippen LogP contribution is -2.47. The largest absolute Gasteiger partial charge is 0.489 e. The number of hydrogen-bond donors (Lipinski definition) is 4. The molecule has 5 fully saturated rings. The highest BCUT2D eigenvalue weighted by atomic mass is 16.5. The zero-order chi connectivity index (χ0) is 94.4. The van der Waals surface area contributed by atoms with Gasteiger partial charge in [0, 0.05) is 258 Å². The monoisotopic (exact) mass is 1840 g/mol. The van der Waals surface area contributed by atoms with Crippen molar-refractivity contribution in [2.45, 2.75) is 71.2 Å². The van der Waals surface area contributed by atoms with E-state index < -0.39 is 0 Å². The fraction of sp³-hybridized carbons (Fsp3) is 0.327. The molecule has 0 unspecified atom stereocenters. The Kier molecular flexibility index (Phi) is 33.1. The van der Waals surface area contributed by atoms with Crippen LogP contribution in [0.25, 0.3) is 0 Å². The van der Waals surface area contributed by atoms with E-state index in [2.05, 4.69) is 221 Å². The minimum atomic E-state index is 0.521. The van der Waals surface area contributed by atoms with E-state index in [0.29, 0.717) is 25.1 Å². The molecule has 1 saturated carbocycles. The number of aromatic nitrogens is 12. The molecule has 4 aliphatic heterocycles. The van der Waals surface area contributed by atoms with Crippen molar-refractivity contribution in [1.82, 2.24) is 69.6 Å². The van der Waals surface area contributed by atoms with Crippen molar-refractivity contribution in [3.05, 3.63) is 313 Å². The van der Waals surface area contributed by atoms with Crippen LogP contribution in [0.3, 0.4) is 0 Å². The van der Waals surface area contributed by atoms with Crippen LogP contribution in [-0.2, 0) is 26.3 Å². The predicted octanol–water partition coefficient (Wildman–Crippen LogP) is 17.5. The van der Waals surface area contributed by atoms with Gasteiger partial charge in [-0.2, -0.15) is 39.9 Å². The molecule has 0 atom stereocenters. The first kappa shape index (κ1) is 95.1. The Morgan fingerprint density at radius 2 is 0.613 bits per heavy atom. The summed E-state index contributed by atoms with van der Waals surface area (Å²) in [5.74, 6) is 13.8. The topological polar surface area (TPSA) is 260 Å². The minimum Gasteiger partial charge on any atom is -0.489 e. The van der Waals surface area contributed by atoms with Crippen LogP contribution in [0.15, 0.2) is 280 Å². The van der Waals surface area contributed by atoms with Gasteiger partial charge in [0.25, 0.3) is 0 Å². The normalized spacial score (nSPS) is 14.7. The zero-order valence-corrected chi connectivity index (χ0v) is 80.4. The highest BCUT2D eigenvalue weighted by Gasteiger charge is 2.28. The van der Waals surface area contributed by atoms with Gasteiger partial charge in [-0.1, -0.05) is 183 Å². The number of aryl methyl sites for hydroxylation is 1. The van der Waals surface area contributed by atoms with E-state index in [1.54, 1.807) is 31.0 Å². The molecular formula is C107H128N28O2. The van der Waals surface area contributed by atoms with E-state index in [9.17, 15) is 0 Å². The van der Waals surface area contributed by atoms with Crippen molar-refractivity contribution in [2.75, 3.05) is 231 Å². The van der Waals surface area contributed by atoms with Crippen molar-refractivity contribution >= 4 is 105 Å². The Balaban J connectivity index is 0.000000133. The standard InChI is InChI=1S/C30H34N6O.C27H30N8O.C26H34N8.C24H30N6/c1-34(2)29-21-28(31-26-14-9-15-27(20-26)37-23-25-12-7-4-8-13-25)32-30(33-29)36-18-16-35(17-19-36)22-24-10-5-3-6-11-24;1-33(2)25-18-24(30-22-9-6-10-23(17-22)36-20-21-7-4-3-5-8-21)31-27(32-25)35-15-13-34(14-16-35)26-19-28-11-12-29-26;1-32(2)24-18-23(29-22-10-8-21(9-11-22)20-6-4-3-5-7-20)30-26(31-24)34-16-14-33(15-17-34)25-19-27-12-13-28-25;1-19-9-11-21(12-10-19)25-22-17-23(28(2)3)27-24(26-22)30-15-13-29(14-16-30)18-20-7-5-4-6-8-20/h3-15,20-21H,16-19,22-23H2,1-2H3,(H,31,32,33);3-12,17-19H,13-16,20H2,1-2H3,(H,30,31,32);8-13,18-20H,3-7,14-17H2,1-2H3,(H,29,30,31);4-12,17H,13-16,18H2,1-3H3,(H,25,26,27). The molecule has 4 saturated heterocycles. The van der Waals surface area contributed by atoms with E-state index in [1.807, 2.05) is 191 Å². The zero-order valence-electron chi connectivity index (χ0n) is 80.4. The van der Waals surface area contributed by atoms with Crippen LogP contribution in [0.4, 0.5) is 105 Å². The maximum absolute atomic E-state index is 6.01. The molecule has 30 heteroatoms. The lowest BCUT2D eigenvalue weighted by molar-refractivity contribution is 0.249. The quantitative estimate of drug-likeness (QED) is 0.0340. The van der Waals surface area contributed by atoms with Gasteiger partial charge in [0.2, 0.25) is 23.8 Å². The fourth-order valence-electron chi connectivity index (χ4n) is 16.8. The Morgan fingerprint density at radius 1 is 0.299 bits per heavy atom. The molecule has 8 aromatic carbocycles. The van der Waals surface area contributed by atoms with Gasteiger partial charge in [-0.25, -0.2) is 9.97 Å². The van der Waals surface area contributed by atoms with Gasteiger partial charge in [0.1, 0.15) is 82.9 Å². The number of ether oxygens (including phenoxy) is 2. The third kappa shape index (κ3) is 28.1. The predicted molar refractivity (Wildman–Crippen MR) is 557 cm³/mol. The minimum absolute atomic E-state index is 0.521. The third-order valence-electron chi connectivity index (χ3n) is 24.6. The van der Waals surface area contributed by atoms with Gasteiger partial charge in [0.15, 0.2) is 0 Å². The first-order chi connectivity index (χ1) is 67.0. The molecule has 19 rings (SSSR count). The van der Waals surface area contributed by atoms with Crippen molar-refractivity contribution in [2.24, 2.45) is 0 Å². The SMILES string of the molecule is CN(C)c1cc(Nc2ccc(C3CCCCC3)cc2)nc(N2CCN(c3cnccn3)CC2)n1.CN(C)c1cc(Nc2cccc(OCc3ccccc3)c2)nc(N2CCN(Cc3ccccc3)CC2)n1.CN(C)c1cc(Nc2cccc(OCc3ccccc3)c2)nc(N2CCN(c3cnccn3)CC2)n1.Cc1ccc(Nc2cc(N(C)C)nc(N3CCN(Cc4ccccc4)CC3)n2)cc1. The number of benzene rings is 8. The summed E-state index contributed by atoms with van der Waals surface area (Å²) in [5, 5.41) is 13.8. The second-order valence-electron chi connectivity index (χ2n) is 35.7. The molecule has 30 nitrogen and oxygen atoms in total. The van der Waals surface area contributed by atoms with Gasteiger partial charge in [-0.05, 0) is 102 Å². The maximum atomic E-state index is 6.01. The Hall–Kier alpha value is -15.0. The van der Waals surface area contributed by atoms with Crippen molar-refractivity contribution in [1.29, 1.82) is 0 Å². The lowest BCUT2D eigenvalue weighted by Gasteiger charge is -2.35. The molecule has 6 aromatic heterocycles. The number of rotatable bonds is 29. The second-order valence-corrected chi connectivity index (χ2v) is 35.7. The summed E-state index contributed by atoms with van der Waals surface area (Å²) in [6.07, 6.45) is 17.2. The maximum Gasteiger partial charge on any atom is 0.229 e. The van der Waals surface area contributed by atoms with E-state index in [0.717, 1.165) is 239 Å². The molecule has 14 aromatic rings. The van der Waals surface area contributed by atoms with Gasteiger partial charge in [-0.3, -0.25) is 19.8 Å².